The number of aliphatic hydroxyl groups is 1. The number of halogens is 1. The molecule has 1 aliphatic heterocycles. The molecule has 5 nitrogen and oxygen atoms in total. The average molecular weight is 361 g/mol. The molecule has 2 aromatic carbocycles. The second kappa shape index (κ2) is 8.87. The maximum absolute atomic E-state index is 13.9. The number of aliphatic hydroxyl groups excluding tert-OH is 1. The third-order valence-corrected chi connectivity index (χ3v) is 4.67. The lowest BCUT2D eigenvalue weighted by Crippen LogP contribution is -3.16. The molecule has 1 aliphatic rings. The van der Waals surface area contributed by atoms with Gasteiger partial charge in [-0.3, -0.25) is 0 Å². The van der Waals surface area contributed by atoms with Crippen molar-refractivity contribution in [2.24, 2.45) is 0 Å². The normalized spacial score (nSPS) is 16.3. The zero-order valence-electron chi connectivity index (χ0n) is 15.0. The molecule has 0 bridgehead atoms. The summed E-state index contributed by atoms with van der Waals surface area (Å²) in [5.74, 6) is 1.23. The molecule has 140 valence electrons. The maximum Gasteiger partial charge on any atom is 0.146 e. The molecule has 1 heterocycles. The van der Waals surface area contributed by atoms with Crippen LogP contribution in [0.3, 0.4) is 0 Å². The first kappa shape index (κ1) is 18.5. The van der Waals surface area contributed by atoms with Crippen molar-refractivity contribution >= 4 is 5.69 Å². The van der Waals surface area contributed by atoms with Gasteiger partial charge in [0.05, 0.1) is 39.0 Å². The number of piperazine rings is 1. The maximum atomic E-state index is 13.9. The Bertz CT molecular complexity index is 705. The van der Waals surface area contributed by atoms with Crippen LogP contribution in [0.25, 0.3) is 0 Å². The second-order valence-corrected chi connectivity index (χ2v) is 6.54. The van der Waals surface area contributed by atoms with Gasteiger partial charge in [0, 0.05) is 6.07 Å². The molecule has 1 fully saturated rings. The molecule has 0 aliphatic carbocycles. The van der Waals surface area contributed by atoms with Crippen molar-refractivity contribution in [2.75, 3.05) is 51.3 Å². The number of nitrogens with zero attached hydrogens (tertiary/aromatic N) is 1. The fourth-order valence-electron chi connectivity index (χ4n) is 3.25. The van der Waals surface area contributed by atoms with E-state index in [4.69, 9.17) is 9.47 Å². The van der Waals surface area contributed by atoms with E-state index >= 15 is 0 Å². The van der Waals surface area contributed by atoms with Crippen LogP contribution in [-0.2, 0) is 0 Å². The van der Waals surface area contributed by atoms with Crippen molar-refractivity contribution in [3.8, 4) is 11.5 Å². The van der Waals surface area contributed by atoms with Crippen molar-refractivity contribution in [1.29, 1.82) is 0 Å². The lowest BCUT2D eigenvalue weighted by molar-refractivity contribution is -0.903. The first-order valence-corrected chi connectivity index (χ1v) is 8.93. The van der Waals surface area contributed by atoms with Gasteiger partial charge in [0.1, 0.15) is 36.6 Å². The Hall–Kier alpha value is -2.31. The highest BCUT2D eigenvalue weighted by atomic mass is 19.1. The molecule has 0 spiro atoms. The van der Waals surface area contributed by atoms with Crippen molar-refractivity contribution in [1.82, 2.24) is 0 Å². The summed E-state index contributed by atoms with van der Waals surface area (Å²) in [5.41, 5.74) is 0.661. The minimum atomic E-state index is -0.545. The summed E-state index contributed by atoms with van der Waals surface area (Å²) in [6.07, 6.45) is -0.545. The van der Waals surface area contributed by atoms with Crippen LogP contribution in [0, 0.1) is 5.82 Å². The molecule has 1 saturated heterocycles. The Balaban J connectivity index is 1.43. The number of quaternary nitrogens is 1. The van der Waals surface area contributed by atoms with Crippen LogP contribution in [0.5, 0.6) is 11.5 Å². The number of benzene rings is 2. The number of anilines is 1. The molecule has 0 amide bonds. The summed E-state index contributed by atoms with van der Waals surface area (Å²) in [6.45, 7) is 4.15. The summed E-state index contributed by atoms with van der Waals surface area (Å²) in [6, 6.07) is 14.2. The molecule has 0 aromatic heterocycles. The van der Waals surface area contributed by atoms with Crippen LogP contribution in [0.2, 0.25) is 0 Å². The van der Waals surface area contributed by atoms with E-state index in [9.17, 15) is 9.50 Å². The Kier molecular flexibility index (Phi) is 6.30. The van der Waals surface area contributed by atoms with Gasteiger partial charge < -0.3 is 24.4 Å². The fraction of sp³-hybridized carbons (Fsp3) is 0.400. The number of nitrogens with one attached hydrogen (secondary N) is 1. The second-order valence-electron chi connectivity index (χ2n) is 6.54. The van der Waals surface area contributed by atoms with Gasteiger partial charge in [0.15, 0.2) is 0 Å². The largest absolute Gasteiger partial charge is 0.497 e. The van der Waals surface area contributed by atoms with E-state index in [0.29, 0.717) is 18.0 Å². The highest BCUT2D eigenvalue weighted by molar-refractivity contribution is 5.47. The van der Waals surface area contributed by atoms with Crippen molar-refractivity contribution in [2.45, 2.75) is 6.10 Å². The van der Waals surface area contributed by atoms with Gasteiger partial charge in [-0.1, -0.05) is 18.2 Å². The van der Waals surface area contributed by atoms with E-state index in [0.717, 1.165) is 31.9 Å². The fourth-order valence-corrected chi connectivity index (χ4v) is 3.25. The third-order valence-electron chi connectivity index (χ3n) is 4.67. The first-order valence-electron chi connectivity index (χ1n) is 8.93. The van der Waals surface area contributed by atoms with Gasteiger partial charge in [-0.25, -0.2) is 4.39 Å². The Morgan fingerprint density at radius 2 is 1.85 bits per heavy atom. The summed E-state index contributed by atoms with van der Waals surface area (Å²) >= 11 is 0. The molecule has 3 rings (SSSR count). The van der Waals surface area contributed by atoms with Crippen molar-refractivity contribution < 1.29 is 23.9 Å². The zero-order valence-corrected chi connectivity index (χ0v) is 15.0. The smallest absolute Gasteiger partial charge is 0.146 e. The molecule has 0 radical (unpaired) electrons. The molecule has 0 saturated carbocycles. The van der Waals surface area contributed by atoms with Gasteiger partial charge in [-0.2, -0.15) is 0 Å². The van der Waals surface area contributed by atoms with Crippen LogP contribution >= 0.6 is 0 Å². The van der Waals surface area contributed by atoms with E-state index in [1.165, 1.54) is 11.0 Å². The molecular formula is C20H26FN2O3+. The third kappa shape index (κ3) is 4.86. The molecule has 0 unspecified atom stereocenters. The quantitative estimate of drug-likeness (QED) is 0.772. The molecular weight excluding hydrogens is 335 g/mol. The van der Waals surface area contributed by atoms with Gasteiger partial charge in [0.2, 0.25) is 0 Å². The van der Waals surface area contributed by atoms with Gasteiger partial charge in [-0.15, -0.1) is 0 Å². The van der Waals surface area contributed by atoms with Gasteiger partial charge in [-0.05, 0) is 24.3 Å². The van der Waals surface area contributed by atoms with Gasteiger partial charge >= 0.3 is 0 Å². The van der Waals surface area contributed by atoms with Crippen LogP contribution in [-0.4, -0.2) is 57.7 Å². The monoisotopic (exact) mass is 361 g/mol. The zero-order chi connectivity index (χ0) is 18.4. The van der Waals surface area contributed by atoms with Crippen molar-refractivity contribution in [3.63, 3.8) is 0 Å². The summed E-state index contributed by atoms with van der Waals surface area (Å²) in [7, 11) is 1.61. The minimum absolute atomic E-state index is 0.178. The number of ether oxygens (including phenoxy) is 2. The van der Waals surface area contributed by atoms with E-state index < -0.39 is 6.10 Å². The lowest BCUT2D eigenvalue weighted by Gasteiger charge is -2.34. The number of hydrogen-bond acceptors (Lipinski definition) is 4. The van der Waals surface area contributed by atoms with E-state index in [1.54, 1.807) is 19.2 Å². The number of rotatable bonds is 7. The molecule has 2 N–H and O–H groups in total. The highest BCUT2D eigenvalue weighted by Gasteiger charge is 2.24. The molecule has 6 heteroatoms. The number of methoxy groups -OCH3 is 1. The van der Waals surface area contributed by atoms with Crippen LogP contribution in [0.4, 0.5) is 10.1 Å². The minimum Gasteiger partial charge on any atom is -0.497 e. The summed E-state index contributed by atoms with van der Waals surface area (Å²) in [4.78, 5) is 3.37. The summed E-state index contributed by atoms with van der Waals surface area (Å²) < 4.78 is 24.7. The average Bonchev–Trinajstić information content (AvgIpc) is 2.68. The molecule has 26 heavy (non-hydrogen) atoms. The van der Waals surface area contributed by atoms with Gasteiger partial charge in [0.25, 0.3) is 0 Å². The SMILES string of the molecule is COc1cccc(OC[C@H](O)C[NH+]2CCN(c3ccccc3F)CC2)c1. The lowest BCUT2D eigenvalue weighted by atomic mass is 10.2. The predicted octanol–water partition coefficient (Wildman–Crippen LogP) is 0.979. The van der Waals surface area contributed by atoms with Crippen LogP contribution in [0.15, 0.2) is 48.5 Å². The topological polar surface area (TPSA) is 46.4 Å². The van der Waals surface area contributed by atoms with E-state index in [2.05, 4.69) is 4.90 Å². The standard InChI is InChI=1S/C20H25FN2O3/c1-25-17-5-4-6-18(13-17)26-15-16(24)14-22-9-11-23(12-10-22)20-8-3-2-7-19(20)21/h2-8,13,16,24H,9-12,14-15H2,1H3/p+1/t16-/m1/s1. The van der Waals surface area contributed by atoms with Crippen molar-refractivity contribution in [3.05, 3.63) is 54.3 Å². The van der Waals surface area contributed by atoms with E-state index in [-0.39, 0.29) is 12.4 Å². The number of para-hydroxylation sites is 1. The highest BCUT2D eigenvalue weighted by Crippen LogP contribution is 2.19. The Labute approximate surface area is 153 Å². The van der Waals surface area contributed by atoms with Crippen LogP contribution in [0.1, 0.15) is 0 Å². The molecule has 1 atom stereocenters. The van der Waals surface area contributed by atoms with E-state index in [1.807, 2.05) is 30.3 Å². The summed E-state index contributed by atoms with van der Waals surface area (Å²) in [5, 5.41) is 10.3. The van der Waals surface area contributed by atoms with Crippen LogP contribution < -0.4 is 19.3 Å². The first-order chi connectivity index (χ1) is 12.7. The Morgan fingerprint density at radius 3 is 2.58 bits per heavy atom. The predicted molar refractivity (Wildman–Crippen MR) is 98.7 cm³/mol. The Morgan fingerprint density at radius 1 is 1.12 bits per heavy atom. The number of hydrogen-bond donors (Lipinski definition) is 2. The molecule has 2 aromatic rings.